The molecule has 0 spiro atoms. The number of hydrogen-bond acceptors (Lipinski definition) is 5. The lowest BCUT2D eigenvalue weighted by Crippen LogP contribution is -1.97. The second kappa shape index (κ2) is 6.71. The highest BCUT2D eigenvalue weighted by atomic mass is 32.2. The van der Waals surface area contributed by atoms with Gasteiger partial charge in [0.05, 0.1) is 7.11 Å². The summed E-state index contributed by atoms with van der Waals surface area (Å²) in [5, 5.41) is -0.211. The highest BCUT2D eigenvalue weighted by Crippen LogP contribution is 2.32. The number of aromatic nitrogens is 1. The molecule has 3 rings (SSSR count). The van der Waals surface area contributed by atoms with Crippen molar-refractivity contribution in [1.82, 2.24) is 4.98 Å². The Morgan fingerprint density at radius 3 is 2.43 bits per heavy atom. The van der Waals surface area contributed by atoms with E-state index in [4.69, 9.17) is 9.15 Å². The standard InChI is InChI=1S/C18H15NO3S/c1-12-8-10-14(11-9-12)23-17(20)15-18(21-2)22-16(19-15)13-6-4-3-5-7-13/h3-11H,1-2H3. The lowest BCUT2D eigenvalue weighted by Gasteiger charge is -2.00. The molecule has 0 bridgehead atoms. The Labute approximate surface area is 138 Å². The van der Waals surface area contributed by atoms with Crippen molar-refractivity contribution in [3.63, 3.8) is 0 Å². The van der Waals surface area contributed by atoms with Crippen molar-refractivity contribution in [2.24, 2.45) is 0 Å². The summed E-state index contributed by atoms with van der Waals surface area (Å²) in [7, 11) is 1.46. The molecule has 4 nitrogen and oxygen atoms in total. The molecule has 0 saturated carbocycles. The molecule has 23 heavy (non-hydrogen) atoms. The first kappa shape index (κ1) is 15.4. The number of rotatable bonds is 4. The van der Waals surface area contributed by atoms with Gasteiger partial charge in [0, 0.05) is 10.5 Å². The fourth-order valence-electron chi connectivity index (χ4n) is 2.04. The minimum atomic E-state index is -0.211. The summed E-state index contributed by atoms with van der Waals surface area (Å²) in [6.45, 7) is 2.00. The van der Waals surface area contributed by atoms with E-state index >= 15 is 0 Å². The Morgan fingerprint density at radius 1 is 1.09 bits per heavy atom. The third-order valence-corrected chi connectivity index (χ3v) is 4.11. The Bertz CT molecular complexity index is 810. The predicted molar refractivity (Wildman–Crippen MR) is 89.9 cm³/mol. The van der Waals surface area contributed by atoms with Gasteiger partial charge in [-0.1, -0.05) is 35.9 Å². The van der Waals surface area contributed by atoms with Crippen molar-refractivity contribution >= 4 is 16.9 Å². The summed E-state index contributed by atoms with van der Waals surface area (Å²) in [6.07, 6.45) is 0. The zero-order valence-electron chi connectivity index (χ0n) is 12.8. The summed E-state index contributed by atoms with van der Waals surface area (Å²) < 4.78 is 10.7. The number of hydrogen-bond donors (Lipinski definition) is 0. The topological polar surface area (TPSA) is 52.3 Å². The maximum Gasteiger partial charge on any atom is 0.317 e. The van der Waals surface area contributed by atoms with Gasteiger partial charge in [-0.05, 0) is 43.0 Å². The van der Waals surface area contributed by atoms with Crippen molar-refractivity contribution in [2.75, 3.05) is 7.11 Å². The van der Waals surface area contributed by atoms with E-state index in [1.807, 2.05) is 61.5 Å². The summed E-state index contributed by atoms with van der Waals surface area (Å²) in [6, 6.07) is 17.1. The summed E-state index contributed by atoms with van der Waals surface area (Å²) in [4.78, 5) is 17.6. The van der Waals surface area contributed by atoms with E-state index in [1.165, 1.54) is 7.11 Å². The lowest BCUT2D eigenvalue weighted by molar-refractivity contribution is 0.108. The van der Waals surface area contributed by atoms with Crippen molar-refractivity contribution in [2.45, 2.75) is 11.8 Å². The van der Waals surface area contributed by atoms with Crippen molar-refractivity contribution in [3.05, 3.63) is 65.9 Å². The average molecular weight is 325 g/mol. The van der Waals surface area contributed by atoms with Crippen LogP contribution in [0.4, 0.5) is 0 Å². The zero-order valence-corrected chi connectivity index (χ0v) is 13.6. The molecule has 5 heteroatoms. The van der Waals surface area contributed by atoms with E-state index in [9.17, 15) is 4.79 Å². The third kappa shape index (κ3) is 3.46. The average Bonchev–Trinajstić information content (AvgIpc) is 3.02. The molecule has 0 aliphatic carbocycles. The van der Waals surface area contributed by atoms with E-state index in [0.717, 1.165) is 27.8 Å². The van der Waals surface area contributed by atoms with Crippen LogP contribution in [0.1, 0.15) is 16.1 Å². The zero-order chi connectivity index (χ0) is 16.2. The van der Waals surface area contributed by atoms with Gasteiger partial charge in [0.2, 0.25) is 16.7 Å². The summed E-state index contributed by atoms with van der Waals surface area (Å²) in [5.41, 5.74) is 2.13. The van der Waals surface area contributed by atoms with E-state index < -0.39 is 0 Å². The summed E-state index contributed by atoms with van der Waals surface area (Å²) in [5.74, 6) is 0.503. The van der Waals surface area contributed by atoms with Gasteiger partial charge in [-0.3, -0.25) is 4.79 Å². The Morgan fingerprint density at radius 2 is 1.78 bits per heavy atom. The van der Waals surface area contributed by atoms with Crippen LogP contribution in [0.25, 0.3) is 11.5 Å². The van der Waals surface area contributed by atoms with Crippen LogP contribution in [-0.4, -0.2) is 17.2 Å². The van der Waals surface area contributed by atoms with Crippen LogP contribution in [0.2, 0.25) is 0 Å². The second-order valence-electron chi connectivity index (χ2n) is 4.93. The van der Waals surface area contributed by atoms with Gasteiger partial charge in [-0.25, -0.2) is 4.98 Å². The van der Waals surface area contributed by atoms with Crippen LogP contribution < -0.4 is 4.74 Å². The highest BCUT2D eigenvalue weighted by molar-refractivity contribution is 8.14. The first-order valence-electron chi connectivity index (χ1n) is 7.06. The molecule has 3 aromatic rings. The van der Waals surface area contributed by atoms with E-state index in [0.29, 0.717) is 5.89 Å². The molecule has 0 aliphatic heterocycles. The largest absolute Gasteiger partial charge is 0.467 e. The number of carbonyl (C=O) groups is 1. The maximum absolute atomic E-state index is 12.5. The van der Waals surface area contributed by atoms with Gasteiger partial charge in [0.1, 0.15) is 0 Å². The molecule has 0 unspecified atom stereocenters. The van der Waals surface area contributed by atoms with Gasteiger partial charge in [-0.15, -0.1) is 0 Å². The highest BCUT2D eigenvalue weighted by Gasteiger charge is 2.22. The molecule has 0 saturated heterocycles. The molecule has 1 aromatic heterocycles. The molecular weight excluding hydrogens is 310 g/mol. The minimum absolute atomic E-state index is 0.133. The Hall–Kier alpha value is -2.53. The Kier molecular flexibility index (Phi) is 4.48. The molecule has 2 aromatic carbocycles. The van der Waals surface area contributed by atoms with Crippen molar-refractivity contribution in [3.8, 4) is 17.4 Å². The molecule has 0 N–H and O–H groups in total. The van der Waals surface area contributed by atoms with Gasteiger partial charge in [0.25, 0.3) is 0 Å². The van der Waals surface area contributed by atoms with Gasteiger partial charge >= 0.3 is 5.95 Å². The molecule has 0 aliphatic rings. The third-order valence-electron chi connectivity index (χ3n) is 3.23. The van der Waals surface area contributed by atoms with E-state index in [1.54, 1.807) is 0 Å². The first-order valence-corrected chi connectivity index (χ1v) is 7.88. The SMILES string of the molecule is COc1oc(-c2ccccc2)nc1C(=O)Sc1ccc(C)cc1. The predicted octanol–water partition coefficient (Wildman–Crippen LogP) is 4.59. The molecule has 116 valence electrons. The number of carbonyl (C=O) groups excluding carboxylic acids is 1. The monoisotopic (exact) mass is 325 g/mol. The number of nitrogens with zero attached hydrogens (tertiary/aromatic N) is 1. The fourth-order valence-corrected chi connectivity index (χ4v) is 2.75. The smallest absolute Gasteiger partial charge is 0.317 e. The minimum Gasteiger partial charge on any atom is -0.467 e. The number of aryl methyl sites for hydroxylation is 1. The summed E-state index contributed by atoms with van der Waals surface area (Å²) >= 11 is 1.10. The fraction of sp³-hybridized carbons (Fsp3) is 0.111. The molecule has 0 amide bonds. The molecule has 1 heterocycles. The number of benzene rings is 2. The van der Waals surface area contributed by atoms with Crippen LogP contribution in [0.5, 0.6) is 5.95 Å². The molecular formula is C18H15NO3S. The first-order chi connectivity index (χ1) is 11.2. The van der Waals surface area contributed by atoms with Crippen molar-refractivity contribution < 1.29 is 13.9 Å². The van der Waals surface area contributed by atoms with Gasteiger partial charge in [-0.2, -0.15) is 0 Å². The van der Waals surface area contributed by atoms with Crippen molar-refractivity contribution in [1.29, 1.82) is 0 Å². The van der Waals surface area contributed by atoms with Crippen LogP contribution in [0.15, 0.2) is 63.9 Å². The lowest BCUT2D eigenvalue weighted by atomic mass is 10.2. The van der Waals surface area contributed by atoms with Gasteiger partial charge in [0.15, 0.2) is 0 Å². The number of ether oxygens (including phenoxy) is 1. The number of oxazole rings is 1. The second-order valence-corrected chi connectivity index (χ2v) is 5.97. The Balaban J connectivity index is 1.88. The van der Waals surface area contributed by atoms with Crippen LogP contribution in [0.3, 0.4) is 0 Å². The quantitative estimate of drug-likeness (QED) is 0.657. The molecule has 0 radical (unpaired) electrons. The van der Waals surface area contributed by atoms with Crippen LogP contribution in [-0.2, 0) is 0 Å². The van der Waals surface area contributed by atoms with Crippen LogP contribution >= 0.6 is 11.8 Å². The van der Waals surface area contributed by atoms with Gasteiger partial charge < -0.3 is 9.15 Å². The maximum atomic E-state index is 12.5. The van der Waals surface area contributed by atoms with Crippen LogP contribution in [0, 0.1) is 6.92 Å². The number of methoxy groups -OCH3 is 1. The number of thioether (sulfide) groups is 1. The van der Waals surface area contributed by atoms with E-state index in [-0.39, 0.29) is 16.8 Å². The molecule has 0 atom stereocenters. The van der Waals surface area contributed by atoms with E-state index in [2.05, 4.69) is 4.98 Å². The normalized spacial score (nSPS) is 10.5. The molecule has 0 fully saturated rings.